The third-order valence-corrected chi connectivity index (χ3v) is 5.75. The molecule has 1 saturated heterocycles. The number of amides is 2. The van der Waals surface area contributed by atoms with Gasteiger partial charge >= 0.3 is 18.0 Å². The summed E-state index contributed by atoms with van der Waals surface area (Å²) in [5.41, 5.74) is -2.26. The fourth-order valence-corrected chi connectivity index (χ4v) is 4.03. The van der Waals surface area contributed by atoms with Gasteiger partial charge in [-0.15, -0.1) is 5.10 Å². The number of nitrogens with one attached hydrogen (secondary N) is 1. The summed E-state index contributed by atoms with van der Waals surface area (Å²) in [7, 11) is 0. The van der Waals surface area contributed by atoms with E-state index in [1.54, 1.807) is 20.8 Å². The van der Waals surface area contributed by atoms with Crippen molar-refractivity contribution in [3.8, 4) is 11.4 Å². The highest BCUT2D eigenvalue weighted by Crippen LogP contribution is 2.28. The summed E-state index contributed by atoms with van der Waals surface area (Å²) in [5, 5.41) is 6.68. The van der Waals surface area contributed by atoms with Gasteiger partial charge in [0.05, 0.1) is 11.6 Å². The van der Waals surface area contributed by atoms with E-state index in [-0.39, 0.29) is 13.1 Å². The number of halogens is 4. The first-order chi connectivity index (χ1) is 17.2. The lowest BCUT2D eigenvalue weighted by molar-refractivity contribution is -0.153. The van der Waals surface area contributed by atoms with Crippen molar-refractivity contribution < 1.29 is 36.6 Å². The summed E-state index contributed by atoms with van der Waals surface area (Å²) >= 11 is 0. The summed E-state index contributed by atoms with van der Waals surface area (Å²) in [4.78, 5) is 39.0. The second kappa shape index (κ2) is 9.71. The van der Waals surface area contributed by atoms with Crippen LogP contribution in [0.15, 0.2) is 16.9 Å². The molecule has 0 bridgehead atoms. The van der Waals surface area contributed by atoms with Crippen molar-refractivity contribution in [1.29, 1.82) is 0 Å². The molecule has 1 aromatic heterocycles. The largest absolute Gasteiger partial charge is 0.483 e. The van der Waals surface area contributed by atoms with E-state index in [1.807, 2.05) is 0 Å². The molecule has 1 aromatic carbocycles. The molecule has 37 heavy (non-hydrogen) atoms. The number of carbonyl (C=O) groups excluding carboxylic acids is 2. The Morgan fingerprint density at radius 1 is 1.16 bits per heavy atom. The van der Waals surface area contributed by atoms with E-state index in [9.17, 15) is 27.6 Å². The van der Waals surface area contributed by atoms with Crippen LogP contribution in [0.2, 0.25) is 0 Å². The number of aromatic nitrogens is 3. The Morgan fingerprint density at radius 2 is 1.86 bits per heavy atom. The highest BCUT2D eigenvalue weighted by molar-refractivity contribution is 5.97. The van der Waals surface area contributed by atoms with Crippen LogP contribution in [0.4, 0.5) is 22.4 Å². The quantitative estimate of drug-likeness (QED) is 0.597. The van der Waals surface area contributed by atoms with Crippen LogP contribution in [0.3, 0.4) is 0 Å². The zero-order chi connectivity index (χ0) is 27.1. The van der Waals surface area contributed by atoms with E-state index in [0.717, 1.165) is 23.6 Å². The lowest BCUT2D eigenvalue weighted by Crippen LogP contribution is -2.61. The first-order valence-electron chi connectivity index (χ1n) is 11.7. The number of ether oxygens (including phenoxy) is 2. The van der Waals surface area contributed by atoms with Crippen molar-refractivity contribution in [3.63, 3.8) is 0 Å². The fourth-order valence-electron chi connectivity index (χ4n) is 4.03. The Hall–Kier alpha value is -3.58. The van der Waals surface area contributed by atoms with Gasteiger partial charge in [0.1, 0.15) is 28.7 Å². The van der Waals surface area contributed by atoms with Crippen molar-refractivity contribution in [1.82, 2.24) is 24.6 Å². The molecular weight excluding hydrogens is 502 g/mol. The molecule has 0 saturated carbocycles. The molecule has 2 aliphatic heterocycles. The van der Waals surface area contributed by atoms with Crippen LogP contribution in [-0.2, 0) is 17.7 Å². The topological polar surface area (TPSA) is 108 Å². The van der Waals surface area contributed by atoms with Gasteiger partial charge in [-0.2, -0.15) is 17.9 Å². The summed E-state index contributed by atoms with van der Waals surface area (Å²) in [6, 6.07) is 1.05. The normalized spacial score (nSPS) is 16.1. The van der Waals surface area contributed by atoms with Gasteiger partial charge in [-0.25, -0.2) is 14.0 Å². The van der Waals surface area contributed by atoms with Crippen LogP contribution in [0, 0.1) is 5.82 Å². The molecule has 0 spiro atoms. The number of hydrogen-bond donors (Lipinski definition) is 1. The second-order valence-electron chi connectivity index (χ2n) is 9.98. The third-order valence-electron chi connectivity index (χ3n) is 5.75. The predicted molar refractivity (Wildman–Crippen MR) is 121 cm³/mol. The van der Waals surface area contributed by atoms with Crippen molar-refractivity contribution in [3.05, 3.63) is 39.8 Å². The van der Waals surface area contributed by atoms with Crippen molar-refractivity contribution in [2.75, 3.05) is 19.7 Å². The van der Waals surface area contributed by atoms with E-state index in [0.29, 0.717) is 24.9 Å². The Labute approximate surface area is 209 Å². The Bertz CT molecular complexity index is 1260. The lowest BCUT2D eigenvalue weighted by Gasteiger charge is -2.40. The van der Waals surface area contributed by atoms with Gasteiger partial charge < -0.3 is 19.7 Å². The average Bonchev–Trinajstić information content (AvgIpc) is 3.09. The second-order valence-corrected chi connectivity index (χ2v) is 9.98. The molecule has 2 aromatic rings. The average molecular weight is 529 g/mol. The highest BCUT2D eigenvalue weighted by atomic mass is 19.4. The first-order valence-corrected chi connectivity index (χ1v) is 11.7. The Balaban J connectivity index is 1.56. The van der Waals surface area contributed by atoms with Crippen molar-refractivity contribution in [2.24, 2.45) is 0 Å². The molecule has 4 rings (SSSR count). The van der Waals surface area contributed by atoms with Crippen LogP contribution >= 0.6 is 0 Å². The molecule has 2 amide bonds. The molecule has 0 unspecified atom stereocenters. The molecule has 1 fully saturated rings. The van der Waals surface area contributed by atoms with Gasteiger partial charge in [-0.3, -0.25) is 9.36 Å². The minimum Gasteiger partial charge on any atom is -0.483 e. The fraction of sp³-hybridized carbons (Fsp3) is 0.565. The molecular formula is C23H27F4N5O5. The number of alkyl halides is 3. The van der Waals surface area contributed by atoms with Gasteiger partial charge in [-0.1, -0.05) is 0 Å². The van der Waals surface area contributed by atoms with Crippen molar-refractivity contribution in [2.45, 2.75) is 64.4 Å². The zero-order valence-corrected chi connectivity index (χ0v) is 20.5. The van der Waals surface area contributed by atoms with Crippen LogP contribution in [0.1, 0.15) is 49.8 Å². The number of hydrogen-bond acceptors (Lipinski definition) is 6. The van der Waals surface area contributed by atoms with E-state index < -0.39 is 64.9 Å². The molecule has 14 heteroatoms. The van der Waals surface area contributed by atoms with Gasteiger partial charge in [0.25, 0.3) is 5.91 Å². The number of likely N-dealkylation sites (tertiary alicyclic amines) is 1. The maximum atomic E-state index is 15.1. The minimum absolute atomic E-state index is 0.107. The van der Waals surface area contributed by atoms with Gasteiger partial charge in [-0.05, 0) is 39.7 Å². The number of fused-ring (bicyclic) bond motifs is 1. The third kappa shape index (κ3) is 6.05. The summed E-state index contributed by atoms with van der Waals surface area (Å²) in [6.45, 7) is 4.00. The monoisotopic (exact) mass is 529 g/mol. The van der Waals surface area contributed by atoms with E-state index in [4.69, 9.17) is 9.47 Å². The molecule has 2 aliphatic rings. The van der Waals surface area contributed by atoms with Crippen LogP contribution in [-0.4, -0.2) is 68.8 Å². The SMILES string of the molecule is CC(C)(C)OC(=O)N1CC(NC(=O)c2cc(F)c(-n3nc4n(c3=O)CCCC4)cc2OCC(F)(F)F)C1. The maximum Gasteiger partial charge on any atom is 0.422 e. The molecule has 10 nitrogen and oxygen atoms in total. The molecule has 1 N–H and O–H groups in total. The van der Waals surface area contributed by atoms with Crippen LogP contribution in [0.25, 0.3) is 5.69 Å². The molecule has 3 heterocycles. The lowest BCUT2D eigenvalue weighted by atomic mass is 10.1. The summed E-state index contributed by atoms with van der Waals surface area (Å²) < 4.78 is 66.0. The smallest absolute Gasteiger partial charge is 0.422 e. The summed E-state index contributed by atoms with van der Waals surface area (Å²) in [5.74, 6) is -2.05. The van der Waals surface area contributed by atoms with Gasteiger partial charge in [0.15, 0.2) is 6.61 Å². The molecule has 0 aliphatic carbocycles. The number of benzene rings is 1. The Kier molecular flexibility index (Phi) is 6.95. The number of carbonyl (C=O) groups is 2. The van der Waals surface area contributed by atoms with Crippen molar-refractivity contribution >= 4 is 12.0 Å². The molecule has 0 atom stereocenters. The van der Waals surface area contributed by atoms with E-state index in [2.05, 4.69) is 10.4 Å². The van der Waals surface area contributed by atoms with Gasteiger partial charge in [0, 0.05) is 32.1 Å². The van der Waals surface area contributed by atoms with Crippen LogP contribution in [0.5, 0.6) is 5.75 Å². The standard InChI is InChI=1S/C23H27F4N5O5/c1-22(2,3)37-21(35)30-10-13(11-30)28-19(33)14-8-15(24)16(9-17(14)36-12-23(25,26)27)32-20(34)31-7-5-4-6-18(31)29-32/h8-9,13H,4-7,10-12H2,1-3H3,(H,28,33). The first kappa shape index (κ1) is 26.5. The number of nitrogens with zero attached hydrogens (tertiary/aromatic N) is 4. The predicted octanol–water partition coefficient (Wildman–Crippen LogP) is 2.80. The highest BCUT2D eigenvalue weighted by Gasteiger charge is 2.36. The van der Waals surface area contributed by atoms with Crippen LogP contribution < -0.4 is 15.7 Å². The number of aryl methyl sites for hydroxylation is 1. The van der Waals surface area contributed by atoms with Gasteiger partial charge in [0.2, 0.25) is 0 Å². The summed E-state index contributed by atoms with van der Waals surface area (Å²) in [6.07, 6.45) is -3.26. The number of rotatable bonds is 5. The van der Waals surface area contributed by atoms with E-state index in [1.165, 1.54) is 9.47 Å². The Morgan fingerprint density at radius 3 is 2.49 bits per heavy atom. The molecule has 0 radical (unpaired) electrons. The minimum atomic E-state index is -4.73. The maximum absolute atomic E-state index is 15.1. The molecule has 202 valence electrons. The van der Waals surface area contributed by atoms with E-state index >= 15 is 4.39 Å². The zero-order valence-electron chi connectivity index (χ0n) is 20.5.